The van der Waals surface area contributed by atoms with E-state index in [-0.39, 0.29) is 0 Å². The number of benzene rings is 2. The summed E-state index contributed by atoms with van der Waals surface area (Å²) in [6.45, 7) is 1.05. The lowest BCUT2D eigenvalue weighted by Gasteiger charge is -2.40. The van der Waals surface area contributed by atoms with Crippen molar-refractivity contribution < 1.29 is 0 Å². The fraction of sp³-hybridized carbons (Fsp3) is 0.250. The van der Waals surface area contributed by atoms with Crippen molar-refractivity contribution in [1.82, 2.24) is 5.01 Å². The highest BCUT2D eigenvalue weighted by molar-refractivity contribution is 6.12. The minimum Gasteiger partial charge on any atom is -0.289 e. The van der Waals surface area contributed by atoms with E-state index in [9.17, 15) is 0 Å². The maximum Gasteiger partial charge on any atom is 0.0976 e. The van der Waals surface area contributed by atoms with Crippen molar-refractivity contribution in [3.63, 3.8) is 0 Å². The zero-order chi connectivity index (χ0) is 14.8. The van der Waals surface area contributed by atoms with Gasteiger partial charge in [-0.2, -0.15) is 5.10 Å². The van der Waals surface area contributed by atoms with Crippen LogP contribution < -0.4 is 0 Å². The van der Waals surface area contributed by atoms with E-state index in [0.29, 0.717) is 12.0 Å². The molecule has 0 spiro atoms. The lowest BCUT2D eigenvalue weighted by atomic mass is 9.87. The van der Waals surface area contributed by atoms with Crippen LogP contribution in [0.25, 0.3) is 0 Å². The van der Waals surface area contributed by atoms with Crippen molar-refractivity contribution in [3.8, 4) is 0 Å². The van der Waals surface area contributed by atoms with E-state index in [1.54, 1.807) is 0 Å². The third kappa shape index (κ3) is 2.57. The summed E-state index contributed by atoms with van der Waals surface area (Å²) < 4.78 is 0. The molecule has 0 N–H and O–H groups in total. The molecule has 0 aromatic heterocycles. The van der Waals surface area contributed by atoms with Crippen LogP contribution in [-0.2, 0) is 0 Å². The number of fused-ring (bicyclic) bond motifs is 2. The number of rotatable bonds is 3. The Morgan fingerprint density at radius 1 is 0.818 bits per heavy atom. The monoisotopic (exact) mass is 288 g/mol. The number of hydrazone groups is 1. The van der Waals surface area contributed by atoms with Crippen LogP contribution in [0.3, 0.4) is 0 Å². The van der Waals surface area contributed by atoms with Gasteiger partial charge in [-0.15, -0.1) is 0 Å². The van der Waals surface area contributed by atoms with Gasteiger partial charge < -0.3 is 0 Å². The maximum absolute atomic E-state index is 5.06. The van der Waals surface area contributed by atoms with E-state index in [4.69, 9.17) is 5.10 Å². The molecule has 2 heterocycles. The molecule has 2 aromatic carbocycles. The summed E-state index contributed by atoms with van der Waals surface area (Å²) in [7, 11) is 0. The van der Waals surface area contributed by atoms with E-state index in [2.05, 4.69) is 77.8 Å². The van der Waals surface area contributed by atoms with Gasteiger partial charge in [0, 0.05) is 17.7 Å². The molecule has 2 aliphatic heterocycles. The van der Waals surface area contributed by atoms with Crippen LogP contribution in [0.4, 0.5) is 0 Å². The van der Waals surface area contributed by atoms with E-state index in [1.165, 1.54) is 24.0 Å². The van der Waals surface area contributed by atoms with E-state index in [0.717, 1.165) is 12.3 Å². The molecule has 5 rings (SSSR count). The Morgan fingerprint density at radius 3 is 1.91 bits per heavy atom. The van der Waals surface area contributed by atoms with Crippen molar-refractivity contribution in [3.05, 3.63) is 83.9 Å². The Hall–Kier alpha value is -2.35. The number of piperidine rings is 1. The van der Waals surface area contributed by atoms with Crippen molar-refractivity contribution >= 4 is 5.71 Å². The van der Waals surface area contributed by atoms with Gasteiger partial charge in [-0.3, -0.25) is 5.01 Å². The number of nitrogens with zero attached hydrogens (tertiary/aromatic N) is 2. The summed E-state index contributed by atoms with van der Waals surface area (Å²) in [6, 6.07) is 21.5. The van der Waals surface area contributed by atoms with E-state index in [1.807, 2.05) is 0 Å². The van der Waals surface area contributed by atoms with Gasteiger partial charge >= 0.3 is 0 Å². The molecular formula is C20H20N2. The Bertz CT molecular complexity index is 647. The topological polar surface area (TPSA) is 15.6 Å². The van der Waals surface area contributed by atoms with Gasteiger partial charge in [0.15, 0.2) is 0 Å². The highest BCUT2D eigenvalue weighted by Crippen LogP contribution is 2.30. The summed E-state index contributed by atoms with van der Waals surface area (Å²) in [6.07, 6.45) is 7.22. The minimum atomic E-state index is 0.465. The predicted octanol–water partition coefficient (Wildman–Crippen LogP) is 4.09. The first-order valence-corrected chi connectivity index (χ1v) is 8.04. The van der Waals surface area contributed by atoms with Crippen LogP contribution >= 0.6 is 0 Å². The Kier molecular flexibility index (Phi) is 3.51. The van der Waals surface area contributed by atoms with Crippen LogP contribution in [-0.4, -0.2) is 23.3 Å². The Labute approximate surface area is 131 Å². The summed E-state index contributed by atoms with van der Waals surface area (Å²) >= 11 is 0. The first-order valence-electron chi connectivity index (χ1n) is 8.04. The average molecular weight is 288 g/mol. The predicted molar refractivity (Wildman–Crippen MR) is 90.9 cm³/mol. The second-order valence-corrected chi connectivity index (χ2v) is 6.09. The van der Waals surface area contributed by atoms with Crippen molar-refractivity contribution in [1.29, 1.82) is 0 Å². The SMILES string of the molecule is C1=CC2CCC1CN2N=C(c1ccccc1)c1ccccc1. The van der Waals surface area contributed by atoms with Crippen molar-refractivity contribution in [2.75, 3.05) is 6.54 Å². The van der Waals surface area contributed by atoms with E-state index < -0.39 is 0 Å². The maximum atomic E-state index is 5.06. The number of hydrogen-bond donors (Lipinski definition) is 0. The molecular weight excluding hydrogens is 268 g/mol. The lowest BCUT2D eigenvalue weighted by molar-refractivity contribution is 0.143. The second-order valence-electron chi connectivity index (χ2n) is 6.09. The molecule has 1 saturated heterocycles. The standard InChI is InChI=1S/C20H20N2/c1-3-7-17(8-4-1)20(18-9-5-2-6-10-18)21-22-15-16-11-13-19(22)14-12-16/h1-11,13,16,19H,12,14-15H2. The molecule has 3 aliphatic rings. The van der Waals surface area contributed by atoms with Crippen molar-refractivity contribution in [2.45, 2.75) is 18.9 Å². The summed E-state index contributed by atoms with van der Waals surface area (Å²) in [5.41, 5.74) is 3.43. The van der Waals surface area contributed by atoms with Gasteiger partial charge in [-0.1, -0.05) is 72.8 Å². The molecule has 2 aromatic rings. The molecule has 1 aliphatic carbocycles. The van der Waals surface area contributed by atoms with Gasteiger partial charge in [0.25, 0.3) is 0 Å². The Morgan fingerprint density at radius 2 is 1.45 bits per heavy atom. The molecule has 22 heavy (non-hydrogen) atoms. The van der Waals surface area contributed by atoms with Gasteiger partial charge in [-0.25, -0.2) is 0 Å². The molecule has 0 saturated carbocycles. The summed E-state index contributed by atoms with van der Waals surface area (Å²) in [5.74, 6) is 0.668. The quantitative estimate of drug-likeness (QED) is 0.613. The zero-order valence-electron chi connectivity index (χ0n) is 12.6. The molecule has 2 heteroatoms. The first-order chi connectivity index (χ1) is 10.9. The first kappa shape index (κ1) is 13.3. The molecule has 0 amide bonds. The van der Waals surface area contributed by atoms with Crippen molar-refractivity contribution in [2.24, 2.45) is 11.0 Å². The normalized spacial score (nSPS) is 22.6. The van der Waals surface area contributed by atoms with Crippen LogP contribution in [0, 0.1) is 5.92 Å². The molecule has 2 nitrogen and oxygen atoms in total. The molecule has 1 fully saturated rings. The van der Waals surface area contributed by atoms with Gasteiger partial charge in [0.05, 0.1) is 11.8 Å². The van der Waals surface area contributed by atoms with Crippen LogP contribution in [0.5, 0.6) is 0 Å². The van der Waals surface area contributed by atoms with E-state index >= 15 is 0 Å². The summed E-state index contributed by atoms with van der Waals surface area (Å²) in [5, 5.41) is 7.34. The molecule has 110 valence electrons. The fourth-order valence-corrected chi connectivity index (χ4v) is 3.36. The summed E-state index contributed by atoms with van der Waals surface area (Å²) in [4.78, 5) is 0. The average Bonchev–Trinajstić information content (AvgIpc) is 2.62. The largest absolute Gasteiger partial charge is 0.289 e. The van der Waals surface area contributed by atoms with Crippen LogP contribution in [0.1, 0.15) is 24.0 Å². The van der Waals surface area contributed by atoms with Gasteiger partial charge in [0.1, 0.15) is 0 Å². The van der Waals surface area contributed by atoms with Crippen LogP contribution in [0.2, 0.25) is 0 Å². The molecule has 2 atom stereocenters. The number of hydrogen-bond acceptors (Lipinski definition) is 2. The van der Waals surface area contributed by atoms with Gasteiger partial charge in [-0.05, 0) is 18.8 Å². The fourth-order valence-electron chi connectivity index (χ4n) is 3.36. The third-order valence-corrected chi connectivity index (χ3v) is 4.57. The molecule has 2 bridgehead atoms. The second kappa shape index (κ2) is 5.80. The minimum absolute atomic E-state index is 0.465. The van der Waals surface area contributed by atoms with Gasteiger partial charge in [0.2, 0.25) is 0 Å². The highest BCUT2D eigenvalue weighted by atomic mass is 15.5. The third-order valence-electron chi connectivity index (χ3n) is 4.57. The molecule has 0 radical (unpaired) electrons. The molecule has 2 unspecified atom stereocenters. The highest BCUT2D eigenvalue weighted by Gasteiger charge is 2.29. The smallest absolute Gasteiger partial charge is 0.0976 e. The van der Waals surface area contributed by atoms with Crippen LogP contribution in [0.15, 0.2) is 77.9 Å². The Balaban J connectivity index is 1.75. The zero-order valence-corrected chi connectivity index (χ0v) is 12.6. The lowest BCUT2D eigenvalue weighted by Crippen LogP contribution is -2.42.